The molecule has 3 heteroatoms. The summed E-state index contributed by atoms with van der Waals surface area (Å²) in [6.07, 6.45) is 0. The Morgan fingerprint density at radius 1 is 1.50 bits per heavy atom. The van der Waals surface area contributed by atoms with Crippen LogP contribution in [0.15, 0.2) is 18.2 Å². The third kappa shape index (κ3) is 1.16. The SMILES string of the molecule is CCN1Cc2cccc(OC)c2C1=O. The molecule has 0 saturated heterocycles. The van der Waals surface area contributed by atoms with Crippen LogP contribution in [0.1, 0.15) is 22.8 Å². The van der Waals surface area contributed by atoms with Gasteiger partial charge < -0.3 is 9.64 Å². The molecule has 0 radical (unpaired) electrons. The number of methoxy groups -OCH3 is 1. The predicted octanol–water partition coefficient (Wildman–Crippen LogP) is 1.67. The Hall–Kier alpha value is -1.51. The molecule has 0 N–H and O–H groups in total. The maximum atomic E-state index is 11.9. The van der Waals surface area contributed by atoms with Crippen molar-refractivity contribution in [3.05, 3.63) is 29.3 Å². The van der Waals surface area contributed by atoms with Gasteiger partial charge in [-0.05, 0) is 18.6 Å². The van der Waals surface area contributed by atoms with Crippen LogP contribution in [-0.4, -0.2) is 24.5 Å². The molecule has 74 valence electrons. The lowest BCUT2D eigenvalue weighted by atomic mass is 10.1. The molecule has 14 heavy (non-hydrogen) atoms. The summed E-state index contributed by atoms with van der Waals surface area (Å²) in [7, 11) is 1.59. The van der Waals surface area contributed by atoms with Gasteiger partial charge >= 0.3 is 0 Å². The highest BCUT2D eigenvalue weighted by Gasteiger charge is 2.28. The van der Waals surface area contributed by atoms with E-state index in [9.17, 15) is 4.79 Å². The van der Waals surface area contributed by atoms with Gasteiger partial charge in [0.15, 0.2) is 0 Å². The van der Waals surface area contributed by atoms with Crippen molar-refractivity contribution in [2.45, 2.75) is 13.5 Å². The maximum Gasteiger partial charge on any atom is 0.258 e. The molecule has 0 saturated carbocycles. The average Bonchev–Trinajstić information content (AvgIpc) is 2.55. The minimum Gasteiger partial charge on any atom is -0.496 e. The van der Waals surface area contributed by atoms with Crippen LogP contribution >= 0.6 is 0 Å². The maximum absolute atomic E-state index is 11.9. The van der Waals surface area contributed by atoms with E-state index in [-0.39, 0.29) is 5.91 Å². The van der Waals surface area contributed by atoms with E-state index in [1.54, 1.807) is 7.11 Å². The van der Waals surface area contributed by atoms with E-state index >= 15 is 0 Å². The molecule has 0 aromatic heterocycles. The second-order valence-electron chi connectivity index (χ2n) is 3.31. The van der Waals surface area contributed by atoms with Crippen molar-refractivity contribution in [1.82, 2.24) is 4.90 Å². The molecule has 0 bridgehead atoms. The first kappa shape index (κ1) is 9.06. The Balaban J connectivity index is 2.48. The number of benzene rings is 1. The molecular weight excluding hydrogens is 178 g/mol. The average molecular weight is 191 g/mol. The van der Waals surface area contributed by atoms with Gasteiger partial charge in [0.2, 0.25) is 0 Å². The first-order valence-electron chi connectivity index (χ1n) is 4.73. The summed E-state index contributed by atoms with van der Waals surface area (Å²) in [5, 5.41) is 0. The van der Waals surface area contributed by atoms with Gasteiger partial charge in [0.1, 0.15) is 5.75 Å². The van der Waals surface area contributed by atoms with Gasteiger partial charge in [-0.25, -0.2) is 0 Å². The molecule has 2 rings (SSSR count). The fraction of sp³-hybridized carbons (Fsp3) is 0.364. The number of amides is 1. The minimum absolute atomic E-state index is 0.0833. The molecular formula is C11H13NO2. The molecule has 1 heterocycles. The number of fused-ring (bicyclic) bond motifs is 1. The topological polar surface area (TPSA) is 29.5 Å². The van der Waals surface area contributed by atoms with Crippen molar-refractivity contribution in [2.75, 3.05) is 13.7 Å². The van der Waals surface area contributed by atoms with Gasteiger partial charge in [-0.15, -0.1) is 0 Å². The van der Waals surface area contributed by atoms with Gasteiger partial charge in [-0.2, -0.15) is 0 Å². The predicted molar refractivity (Wildman–Crippen MR) is 53.4 cm³/mol. The first-order valence-corrected chi connectivity index (χ1v) is 4.73. The van der Waals surface area contributed by atoms with Crippen molar-refractivity contribution in [3.63, 3.8) is 0 Å². The molecule has 0 aliphatic carbocycles. The van der Waals surface area contributed by atoms with Crippen molar-refractivity contribution in [1.29, 1.82) is 0 Å². The number of carbonyl (C=O) groups excluding carboxylic acids is 1. The number of hydrogen-bond donors (Lipinski definition) is 0. The van der Waals surface area contributed by atoms with Crippen molar-refractivity contribution in [2.24, 2.45) is 0 Å². The standard InChI is InChI=1S/C11H13NO2/c1-3-12-7-8-5-4-6-9(14-2)10(8)11(12)13/h4-6H,3,7H2,1-2H3. The quantitative estimate of drug-likeness (QED) is 0.711. The Morgan fingerprint density at radius 2 is 2.29 bits per heavy atom. The first-order chi connectivity index (χ1) is 6.77. The smallest absolute Gasteiger partial charge is 0.258 e. The Labute approximate surface area is 83.3 Å². The zero-order valence-electron chi connectivity index (χ0n) is 8.41. The molecule has 1 amide bonds. The zero-order chi connectivity index (χ0) is 10.1. The van der Waals surface area contributed by atoms with E-state index < -0.39 is 0 Å². The Kier molecular flexibility index (Phi) is 2.15. The second kappa shape index (κ2) is 3.33. The van der Waals surface area contributed by atoms with Crippen molar-refractivity contribution >= 4 is 5.91 Å². The van der Waals surface area contributed by atoms with Gasteiger partial charge in [-0.1, -0.05) is 12.1 Å². The molecule has 1 aliphatic heterocycles. The number of hydrogen-bond acceptors (Lipinski definition) is 2. The third-order valence-electron chi connectivity index (χ3n) is 2.58. The summed E-state index contributed by atoms with van der Waals surface area (Å²) in [6.45, 7) is 3.44. The summed E-state index contributed by atoms with van der Waals surface area (Å²) in [5.74, 6) is 0.767. The highest BCUT2D eigenvalue weighted by atomic mass is 16.5. The van der Waals surface area contributed by atoms with Crippen molar-refractivity contribution < 1.29 is 9.53 Å². The number of ether oxygens (including phenoxy) is 1. The summed E-state index contributed by atoms with van der Waals surface area (Å²) < 4.78 is 5.17. The van der Waals surface area contributed by atoms with E-state index in [1.807, 2.05) is 30.0 Å². The molecule has 1 aliphatic rings. The monoisotopic (exact) mass is 191 g/mol. The fourth-order valence-electron chi connectivity index (χ4n) is 1.81. The van der Waals surface area contributed by atoms with Crippen molar-refractivity contribution in [3.8, 4) is 5.75 Å². The largest absolute Gasteiger partial charge is 0.496 e. The van der Waals surface area contributed by atoms with Crippen LogP contribution in [0.25, 0.3) is 0 Å². The van der Waals surface area contributed by atoms with E-state index in [4.69, 9.17) is 4.74 Å². The highest BCUT2D eigenvalue weighted by molar-refractivity contribution is 6.00. The lowest BCUT2D eigenvalue weighted by Gasteiger charge is -2.11. The van der Waals surface area contributed by atoms with Gasteiger partial charge in [0, 0.05) is 13.1 Å². The van der Waals surface area contributed by atoms with E-state index in [0.717, 1.165) is 17.7 Å². The van der Waals surface area contributed by atoms with E-state index in [1.165, 1.54) is 0 Å². The molecule has 0 spiro atoms. The second-order valence-corrected chi connectivity index (χ2v) is 3.31. The Bertz CT molecular complexity index is 374. The minimum atomic E-state index is 0.0833. The van der Waals surface area contributed by atoms with Crippen LogP contribution in [0.5, 0.6) is 5.75 Å². The summed E-state index contributed by atoms with van der Waals surface area (Å²) in [6, 6.07) is 5.73. The zero-order valence-corrected chi connectivity index (χ0v) is 8.41. The summed E-state index contributed by atoms with van der Waals surface area (Å²) >= 11 is 0. The fourth-order valence-corrected chi connectivity index (χ4v) is 1.81. The highest BCUT2D eigenvalue weighted by Crippen LogP contribution is 2.30. The van der Waals surface area contributed by atoms with Crippen LogP contribution in [0, 0.1) is 0 Å². The molecule has 0 fully saturated rings. The van der Waals surface area contributed by atoms with Gasteiger partial charge in [-0.3, -0.25) is 4.79 Å². The number of carbonyl (C=O) groups is 1. The van der Waals surface area contributed by atoms with Crippen LogP contribution in [0.4, 0.5) is 0 Å². The Morgan fingerprint density at radius 3 is 2.93 bits per heavy atom. The summed E-state index contributed by atoms with van der Waals surface area (Å²) in [4.78, 5) is 13.7. The molecule has 0 unspecified atom stereocenters. The van der Waals surface area contributed by atoms with Gasteiger partial charge in [0.05, 0.1) is 12.7 Å². The third-order valence-corrected chi connectivity index (χ3v) is 2.58. The molecule has 1 aromatic rings. The lowest BCUT2D eigenvalue weighted by Crippen LogP contribution is -2.23. The van der Waals surface area contributed by atoms with Crippen LogP contribution in [0.3, 0.4) is 0 Å². The number of nitrogens with zero attached hydrogens (tertiary/aromatic N) is 1. The number of rotatable bonds is 2. The van der Waals surface area contributed by atoms with E-state index in [0.29, 0.717) is 12.3 Å². The molecule has 3 nitrogen and oxygen atoms in total. The van der Waals surface area contributed by atoms with Crippen LogP contribution in [-0.2, 0) is 6.54 Å². The summed E-state index contributed by atoms with van der Waals surface area (Å²) in [5.41, 5.74) is 1.80. The molecule has 0 atom stereocenters. The van der Waals surface area contributed by atoms with Crippen LogP contribution in [0.2, 0.25) is 0 Å². The molecule has 1 aromatic carbocycles. The van der Waals surface area contributed by atoms with Gasteiger partial charge in [0.25, 0.3) is 5.91 Å². The van der Waals surface area contributed by atoms with Crippen LogP contribution < -0.4 is 4.74 Å². The lowest BCUT2D eigenvalue weighted by molar-refractivity contribution is 0.0784. The normalized spacial score (nSPS) is 14.4. The van der Waals surface area contributed by atoms with E-state index in [2.05, 4.69) is 0 Å².